The van der Waals surface area contributed by atoms with Crippen LogP contribution in [-0.2, 0) is 9.53 Å². The first-order valence-corrected chi connectivity index (χ1v) is 8.29. The van der Waals surface area contributed by atoms with E-state index < -0.39 is 5.54 Å². The van der Waals surface area contributed by atoms with E-state index in [1.165, 1.54) is 0 Å². The van der Waals surface area contributed by atoms with E-state index in [-0.39, 0.29) is 17.4 Å². The first-order chi connectivity index (χ1) is 9.86. The number of carbonyl (C=O) groups is 1. The molecule has 5 heteroatoms. The maximum Gasteiger partial charge on any atom is 0.243 e. The van der Waals surface area contributed by atoms with Crippen LogP contribution in [0.5, 0.6) is 0 Å². The molecule has 0 radical (unpaired) electrons. The SMILES string of the molecule is CCCN1CCN(C(=O)C2(N)CC(OCC)C2(C)C)CC1. The molecule has 2 fully saturated rings. The van der Waals surface area contributed by atoms with Crippen molar-refractivity contribution >= 4 is 5.91 Å². The zero-order valence-corrected chi connectivity index (χ0v) is 14.0. The molecular formula is C16H31N3O2. The second-order valence-electron chi connectivity index (χ2n) is 6.97. The molecule has 122 valence electrons. The predicted octanol–water partition coefficient (Wildman–Crippen LogP) is 1.07. The molecule has 1 saturated carbocycles. The molecular weight excluding hydrogens is 266 g/mol. The van der Waals surface area contributed by atoms with Gasteiger partial charge in [-0.25, -0.2) is 0 Å². The van der Waals surface area contributed by atoms with E-state index in [0.29, 0.717) is 13.0 Å². The van der Waals surface area contributed by atoms with Gasteiger partial charge in [-0.05, 0) is 19.9 Å². The van der Waals surface area contributed by atoms with Gasteiger partial charge in [0.15, 0.2) is 0 Å². The molecule has 21 heavy (non-hydrogen) atoms. The number of nitrogens with zero attached hydrogens (tertiary/aromatic N) is 2. The summed E-state index contributed by atoms with van der Waals surface area (Å²) in [7, 11) is 0. The third kappa shape index (κ3) is 2.83. The lowest BCUT2D eigenvalue weighted by Gasteiger charge is -2.59. The highest BCUT2D eigenvalue weighted by molar-refractivity contribution is 5.89. The van der Waals surface area contributed by atoms with Gasteiger partial charge in [0.1, 0.15) is 5.54 Å². The molecule has 1 aliphatic carbocycles. The number of ether oxygens (including phenoxy) is 1. The first kappa shape index (κ1) is 16.7. The van der Waals surface area contributed by atoms with E-state index in [1.54, 1.807) is 0 Å². The van der Waals surface area contributed by atoms with Gasteiger partial charge >= 0.3 is 0 Å². The van der Waals surface area contributed by atoms with E-state index in [2.05, 4.69) is 25.7 Å². The quantitative estimate of drug-likeness (QED) is 0.825. The average Bonchev–Trinajstić information content (AvgIpc) is 2.47. The van der Waals surface area contributed by atoms with Gasteiger partial charge in [0.05, 0.1) is 6.10 Å². The largest absolute Gasteiger partial charge is 0.378 e. The molecule has 2 unspecified atom stereocenters. The molecule has 2 atom stereocenters. The van der Waals surface area contributed by atoms with Crippen molar-refractivity contribution in [1.82, 2.24) is 9.80 Å². The number of rotatable bonds is 5. The Hall–Kier alpha value is -0.650. The average molecular weight is 297 g/mol. The Morgan fingerprint density at radius 2 is 1.86 bits per heavy atom. The predicted molar refractivity (Wildman–Crippen MR) is 84.0 cm³/mol. The molecule has 0 aromatic carbocycles. The summed E-state index contributed by atoms with van der Waals surface area (Å²) in [6, 6.07) is 0. The maximum absolute atomic E-state index is 12.9. The minimum absolute atomic E-state index is 0.0952. The Morgan fingerprint density at radius 1 is 1.24 bits per heavy atom. The van der Waals surface area contributed by atoms with Crippen LogP contribution in [0.4, 0.5) is 0 Å². The highest BCUT2D eigenvalue weighted by Crippen LogP contribution is 2.50. The van der Waals surface area contributed by atoms with E-state index in [0.717, 1.165) is 39.1 Å². The Balaban J connectivity index is 1.95. The molecule has 5 nitrogen and oxygen atoms in total. The summed E-state index contributed by atoms with van der Waals surface area (Å²) in [5.74, 6) is 0.111. The fourth-order valence-electron chi connectivity index (χ4n) is 3.57. The number of amides is 1. The van der Waals surface area contributed by atoms with Crippen molar-refractivity contribution in [3.05, 3.63) is 0 Å². The number of piperazine rings is 1. The van der Waals surface area contributed by atoms with Gasteiger partial charge in [-0.2, -0.15) is 0 Å². The lowest BCUT2D eigenvalue weighted by Crippen LogP contribution is -2.76. The van der Waals surface area contributed by atoms with Gasteiger partial charge in [0.25, 0.3) is 0 Å². The minimum Gasteiger partial charge on any atom is -0.378 e. The van der Waals surface area contributed by atoms with Crippen LogP contribution in [0.2, 0.25) is 0 Å². The zero-order valence-electron chi connectivity index (χ0n) is 14.0. The molecule has 2 rings (SSSR count). The van der Waals surface area contributed by atoms with Crippen molar-refractivity contribution < 1.29 is 9.53 Å². The van der Waals surface area contributed by atoms with Gasteiger partial charge in [-0.1, -0.05) is 20.8 Å². The van der Waals surface area contributed by atoms with Gasteiger partial charge in [-0.15, -0.1) is 0 Å². The van der Waals surface area contributed by atoms with E-state index in [9.17, 15) is 4.79 Å². The second kappa shape index (κ2) is 6.23. The summed E-state index contributed by atoms with van der Waals surface area (Å²) in [6.45, 7) is 13.6. The van der Waals surface area contributed by atoms with Crippen molar-refractivity contribution in [3.63, 3.8) is 0 Å². The van der Waals surface area contributed by atoms with Crippen molar-refractivity contribution in [2.75, 3.05) is 39.3 Å². The van der Waals surface area contributed by atoms with E-state index in [4.69, 9.17) is 10.5 Å². The summed E-state index contributed by atoms with van der Waals surface area (Å²) in [5, 5.41) is 0. The van der Waals surface area contributed by atoms with E-state index in [1.807, 2.05) is 11.8 Å². The van der Waals surface area contributed by atoms with E-state index >= 15 is 0 Å². The highest BCUT2D eigenvalue weighted by Gasteiger charge is 2.63. The van der Waals surface area contributed by atoms with Crippen molar-refractivity contribution in [3.8, 4) is 0 Å². The monoisotopic (exact) mass is 297 g/mol. The number of carbonyl (C=O) groups excluding carboxylic acids is 1. The fraction of sp³-hybridized carbons (Fsp3) is 0.938. The lowest BCUT2D eigenvalue weighted by molar-refractivity contribution is -0.180. The van der Waals surface area contributed by atoms with Crippen LogP contribution in [0.15, 0.2) is 0 Å². The van der Waals surface area contributed by atoms with Gasteiger partial charge in [0, 0.05) is 44.6 Å². The molecule has 1 aliphatic heterocycles. The van der Waals surface area contributed by atoms with Crippen LogP contribution in [0, 0.1) is 5.41 Å². The maximum atomic E-state index is 12.9. The summed E-state index contributed by atoms with van der Waals surface area (Å²) in [4.78, 5) is 17.2. The molecule has 1 heterocycles. The minimum atomic E-state index is -0.764. The standard InChI is InChI=1S/C16H31N3O2/c1-5-7-18-8-10-19(11-9-18)14(20)16(17)12-13(21-6-2)15(16,3)4/h13H,5-12,17H2,1-4H3. The molecule has 2 aliphatic rings. The zero-order chi connectivity index (χ0) is 15.7. The summed E-state index contributed by atoms with van der Waals surface area (Å²) in [5.41, 5.74) is 5.43. The third-order valence-corrected chi connectivity index (χ3v) is 5.41. The molecule has 1 amide bonds. The van der Waals surface area contributed by atoms with Crippen LogP contribution >= 0.6 is 0 Å². The normalized spacial score (nSPS) is 32.8. The van der Waals surface area contributed by atoms with Crippen molar-refractivity contribution in [2.24, 2.45) is 11.1 Å². The van der Waals surface area contributed by atoms with Gasteiger partial charge in [0.2, 0.25) is 5.91 Å². The second-order valence-corrected chi connectivity index (χ2v) is 6.97. The van der Waals surface area contributed by atoms with Crippen LogP contribution < -0.4 is 5.73 Å². The van der Waals surface area contributed by atoms with Gasteiger partial charge < -0.3 is 15.4 Å². The number of hydrogen-bond acceptors (Lipinski definition) is 4. The third-order valence-electron chi connectivity index (χ3n) is 5.41. The summed E-state index contributed by atoms with van der Waals surface area (Å²) < 4.78 is 5.72. The number of hydrogen-bond donors (Lipinski definition) is 1. The Bertz CT molecular complexity index is 378. The molecule has 2 N–H and O–H groups in total. The van der Waals surface area contributed by atoms with Crippen LogP contribution in [0.3, 0.4) is 0 Å². The van der Waals surface area contributed by atoms with Crippen LogP contribution in [0.25, 0.3) is 0 Å². The Morgan fingerprint density at radius 3 is 2.33 bits per heavy atom. The van der Waals surface area contributed by atoms with Gasteiger partial charge in [-0.3, -0.25) is 9.69 Å². The Kier molecular flexibility index (Phi) is 4.96. The lowest BCUT2D eigenvalue weighted by atomic mass is 9.54. The smallest absolute Gasteiger partial charge is 0.243 e. The molecule has 0 spiro atoms. The van der Waals surface area contributed by atoms with Crippen LogP contribution in [-0.4, -0.2) is 66.7 Å². The molecule has 1 saturated heterocycles. The first-order valence-electron chi connectivity index (χ1n) is 8.29. The number of nitrogens with two attached hydrogens (primary N) is 1. The molecule has 0 aromatic rings. The van der Waals surface area contributed by atoms with Crippen molar-refractivity contribution in [2.45, 2.75) is 52.2 Å². The van der Waals surface area contributed by atoms with Crippen molar-refractivity contribution in [1.29, 1.82) is 0 Å². The fourth-order valence-corrected chi connectivity index (χ4v) is 3.57. The topological polar surface area (TPSA) is 58.8 Å². The summed E-state index contributed by atoms with van der Waals surface area (Å²) >= 11 is 0. The van der Waals surface area contributed by atoms with Crippen LogP contribution in [0.1, 0.15) is 40.5 Å². The molecule has 0 aromatic heterocycles. The molecule has 0 bridgehead atoms. The Labute approximate surface area is 128 Å². The highest BCUT2D eigenvalue weighted by atomic mass is 16.5. The summed E-state index contributed by atoms with van der Waals surface area (Å²) in [6.07, 6.45) is 1.90.